The normalized spacial score (nSPS) is 7.24. The van der Waals surface area contributed by atoms with E-state index in [1.807, 2.05) is 76.2 Å². The minimum atomic E-state index is 0. The zero-order chi connectivity index (χ0) is 28.5. The SMILES string of the molecule is C.CC.CC.CC.CC.Cc1cncnn1.Cc1cnncn1.Cc1nccnn1.Cc1ncncn1. The fraction of sp³-hybridized carbons (Fsp3) is 0.520. The zero-order valence-corrected chi connectivity index (χ0v) is 24.0. The average molecular weight is 517 g/mol. The first-order valence-corrected chi connectivity index (χ1v) is 12.0. The fourth-order valence-corrected chi connectivity index (χ4v) is 1.22. The Hall–Kier alpha value is -3.96. The molecule has 0 aliphatic rings. The Bertz CT molecular complexity index is 703. The summed E-state index contributed by atoms with van der Waals surface area (Å²) < 4.78 is 0. The number of aryl methyl sites for hydroxylation is 4. The zero-order valence-electron chi connectivity index (χ0n) is 24.0. The lowest BCUT2D eigenvalue weighted by molar-refractivity contribution is 0.907. The summed E-state index contributed by atoms with van der Waals surface area (Å²) in [4.78, 5) is 22.5. The Morgan fingerprint density at radius 2 is 1.03 bits per heavy atom. The maximum atomic E-state index is 3.81. The molecule has 4 aromatic heterocycles. The second kappa shape index (κ2) is 39.3. The molecule has 0 fully saturated rings. The van der Waals surface area contributed by atoms with Crippen LogP contribution < -0.4 is 0 Å². The molecule has 0 atom stereocenters. The van der Waals surface area contributed by atoms with Gasteiger partial charge in [0.15, 0.2) is 0 Å². The van der Waals surface area contributed by atoms with Gasteiger partial charge in [0.05, 0.1) is 30.0 Å². The topological polar surface area (TPSA) is 155 Å². The first kappa shape index (κ1) is 43.1. The van der Waals surface area contributed by atoms with Crippen LogP contribution in [-0.2, 0) is 0 Å². The van der Waals surface area contributed by atoms with E-state index >= 15 is 0 Å². The van der Waals surface area contributed by atoms with E-state index in [4.69, 9.17) is 0 Å². The second-order valence-electron chi connectivity index (χ2n) is 4.87. The van der Waals surface area contributed by atoms with Gasteiger partial charge in [0, 0.05) is 6.20 Å². The Morgan fingerprint density at radius 3 is 1.24 bits per heavy atom. The molecule has 0 amide bonds. The van der Waals surface area contributed by atoms with Crippen LogP contribution in [0.3, 0.4) is 0 Å². The first-order valence-electron chi connectivity index (χ1n) is 12.0. The Labute approximate surface area is 224 Å². The van der Waals surface area contributed by atoms with Gasteiger partial charge in [-0.3, -0.25) is 0 Å². The molecule has 0 N–H and O–H groups in total. The van der Waals surface area contributed by atoms with E-state index in [1.54, 1.807) is 31.7 Å². The van der Waals surface area contributed by atoms with Crippen molar-refractivity contribution in [2.75, 3.05) is 0 Å². The van der Waals surface area contributed by atoms with E-state index in [2.05, 4.69) is 60.5 Å². The molecule has 12 heteroatoms. The van der Waals surface area contributed by atoms with Gasteiger partial charge in [0.2, 0.25) is 0 Å². The number of hydrogen-bond donors (Lipinski definition) is 0. The third kappa shape index (κ3) is 36.8. The van der Waals surface area contributed by atoms with Crippen LogP contribution in [0.4, 0.5) is 0 Å². The molecular weight excluding hydrogens is 468 g/mol. The summed E-state index contributed by atoms with van der Waals surface area (Å²) in [6.07, 6.45) is 12.2. The van der Waals surface area contributed by atoms with E-state index in [1.165, 1.54) is 25.3 Å². The Balaban J connectivity index is -0.000000112. The molecule has 0 bridgehead atoms. The summed E-state index contributed by atoms with van der Waals surface area (Å²) in [5.74, 6) is 1.47. The van der Waals surface area contributed by atoms with E-state index in [9.17, 15) is 0 Å². The summed E-state index contributed by atoms with van der Waals surface area (Å²) in [5, 5.41) is 21.4. The summed E-state index contributed by atoms with van der Waals surface area (Å²) in [6.45, 7) is 23.3. The maximum Gasteiger partial charge on any atom is 0.147 e. The molecule has 208 valence electrons. The van der Waals surface area contributed by atoms with Crippen LogP contribution in [0.5, 0.6) is 0 Å². The Morgan fingerprint density at radius 1 is 0.432 bits per heavy atom. The molecule has 12 nitrogen and oxygen atoms in total. The smallest absolute Gasteiger partial charge is 0.147 e. The summed E-state index contributed by atoms with van der Waals surface area (Å²) in [7, 11) is 0. The third-order valence-corrected chi connectivity index (χ3v) is 2.44. The summed E-state index contributed by atoms with van der Waals surface area (Å²) >= 11 is 0. The van der Waals surface area contributed by atoms with Crippen molar-refractivity contribution in [1.82, 2.24) is 60.5 Å². The number of aromatic nitrogens is 12. The Kier molecular flexibility index (Phi) is 45.8. The third-order valence-electron chi connectivity index (χ3n) is 2.44. The predicted octanol–water partition coefficient (Wildman–Crippen LogP) is 5.46. The minimum absolute atomic E-state index is 0. The minimum Gasteiger partial charge on any atom is -0.241 e. The first-order chi connectivity index (χ1) is 17.6. The molecule has 0 aromatic carbocycles. The van der Waals surface area contributed by atoms with Crippen molar-refractivity contribution in [1.29, 1.82) is 0 Å². The van der Waals surface area contributed by atoms with Crippen molar-refractivity contribution in [2.24, 2.45) is 0 Å². The molecule has 0 aliphatic heterocycles. The van der Waals surface area contributed by atoms with Crippen LogP contribution in [0.2, 0.25) is 0 Å². The highest BCUT2D eigenvalue weighted by molar-refractivity contribution is 4.84. The van der Waals surface area contributed by atoms with Crippen molar-refractivity contribution >= 4 is 0 Å². The molecule has 0 saturated carbocycles. The predicted molar refractivity (Wildman–Crippen MR) is 150 cm³/mol. The molecule has 4 rings (SSSR count). The average Bonchev–Trinajstić information content (AvgIpc) is 2.96. The van der Waals surface area contributed by atoms with Gasteiger partial charge < -0.3 is 0 Å². The number of nitrogens with zero attached hydrogens (tertiary/aromatic N) is 12. The fourth-order valence-electron chi connectivity index (χ4n) is 1.22. The summed E-state index contributed by atoms with van der Waals surface area (Å²) in [5.41, 5.74) is 1.75. The molecule has 0 spiro atoms. The lowest BCUT2D eigenvalue weighted by Gasteiger charge is -1.80. The van der Waals surface area contributed by atoms with Crippen LogP contribution in [0.15, 0.2) is 50.1 Å². The van der Waals surface area contributed by atoms with Crippen LogP contribution >= 0.6 is 0 Å². The molecule has 0 radical (unpaired) electrons. The van der Waals surface area contributed by atoms with E-state index < -0.39 is 0 Å². The highest BCUT2D eigenvalue weighted by Gasteiger charge is 1.78. The second-order valence-corrected chi connectivity index (χ2v) is 4.87. The van der Waals surface area contributed by atoms with Gasteiger partial charge in [-0.25, -0.2) is 29.9 Å². The van der Waals surface area contributed by atoms with E-state index in [0.717, 1.165) is 17.2 Å². The molecule has 37 heavy (non-hydrogen) atoms. The quantitative estimate of drug-likeness (QED) is 0.291. The van der Waals surface area contributed by atoms with Gasteiger partial charge in [0.25, 0.3) is 0 Å². The van der Waals surface area contributed by atoms with Crippen molar-refractivity contribution in [2.45, 2.75) is 90.5 Å². The van der Waals surface area contributed by atoms with Crippen molar-refractivity contribution in [3.05, 3.63) is 73.1 Å². The standard InChI is InChI=1S/4C4H5N3.4C2H6.CH4/c1-4-6-2-5-3-7-4;1-4-2-6-7-3-5-4;1-4-2-5-3-6-7-4;1-4-5-2-3-6-7-4;4*1-2;/h4*2-3H,1H3;4*1-2H3;1H4. The lowest BCUT2D eigenvalue weighted by atomic mass is 10.6. The van der Waals surface area contributed by atoms with Crippen molar-refractivity contribution in [3.63, 3.8) is 0 Å². The molecule has 0 saturated heterocycles. The van der Waals surface area contributed by atoms with Gasteiger partial charge in [-0.15, -0.1) is 15.3 Å². The van der Waals surface area contributed by atoms with Crippen molar-refractivity contribution < 1.29 is 0 Å². The molecular formula is C25H48N12. The molecule has 4 heterocycles. The molecule has 0 aliphatic carbocycles. The van der Waals surface area contributed by atoms with Crippen LogP contribution in [0.25, 0.3) is 0 Å². The van der Waals surface area contributed by atoms with Gasteiger partial charge in [-0.1, -0.05) is 62.8 Å². The van der Waals surface area contributed by atoms with Crippen LogP contribution in [0.1, 0.15) is 85.9 Å². The van der Waals surface area contributed by atoms with Gasteiger partial charge in [-0.05, 0) is 27.7 Å². The lowest BCUT2D eigenvalue weighted by Crippen LogP contribution is -1.85. The van der Waals surface area contributed by atoms with Gasteiger partial charge in [-0.2, -0.15) is 15.3 Å². The maximum absolute atomic E-state index is 3.81. The largest absolute Gasteiger partial charge is 0.241 e. The summed E-state index contributed by atoms with van der Waals surface area (Å²) in [6, 6.07) is 0. The van der Waals surface area contributed by atoms with E-state index in [-0.39, 0.29) is 7.43 Å². The molecule has 4 aromatic rings. The van der Waals surface area contributed by atoms with Crippen LogP contribution in [0, 0.1) is 27.7 Å². The van der Waals surface area contributed by atoms with Gasteiger partial charge >= 0.3 is 0 Å². The van der Waals surface area contributed by atoms with Crippen LogP contribution in [-0.4, -0.2) is 60.5 Å². The highest BCUT2D eigenvalue weighted by atomic mass is 15.1. The molecule has 0 unspecified atom stereocenters. The van der Waals surface area contributed by atoms with Crippen molar-refractivity contribution in [3.8, 4) is 0 Å². The van der Waals surface area contributed by atoms with E-state index in [0.29, 0.717) is 5.82 Å². The van der Waals surface area contributed by atoms with Gasteiger partial charge in [0.1, 0.15) is 37.0 Å². The number of hydrogen-bond acceptors (Lipinski definition) is 12. The monoisotopic (exact) mass is 516 g/mol. The number of rotatable bonds is 0. The highest BCUT2D eigenvalue weighted by Crippen LogP contribution is 1.78.